The van der Waals surface area contributed by atoms with E-state index >= 15 is 0 Å². The fraction of sp³-hybridized carbons (Fsp3) is 0.438. The van der Waals surface area contributed by atoms with E-state index in [1.54, 1.807) is 12.1 Å². The first-order chi connectivity index (χ1) is 12.1. The van der Waals surface area contributed by atoms with E-state index in [4.69, 9.17) is 29.6 Å². The fourth-order valence-electron chi connectivity index (χ4n) is 1.73. The van der Waals surface area contributed by atoms with Gasteiger partial charge in [0.05, 0.1) is 25.4 Å². The monoisotopic (exact) mass is 351 g/mol. The molecule has 9 heteroatoms. The van der Waals surface area contributed by atoms with Gasteiger partial charge in [0.2, 0.25) is 0 Å². The molecule has 0 saturated heterocycles. The van der Waals surface area contributed by atoms with E-state index in [1.807, 2.05) is 6.92 Å². The lowest BCUT2D eigenvalue weighted by Gasteiger charge is -2.14. The molecule has 1 unspecified atom stereocenters. The number of rotatable bonds is 13. The van der Waals surface area contributed by atoms with Crippen LogP contribution >= 0.6 is 0 Å². The average Bonchev–Trinajstić information content (AvgIpc) is 2.59. The average molecular weight is 351 g/mol. The summed E-state index contributed by atoms with van der Waals surface area (Å²) in [4.78, 5) is 13.6. The predicted molar refractivity (Wildman–Crippen MR) is 89.4 cm³/mol. The smallest absolute Gasteiger partial charge is 0.335 e. The Kier molecular flexibility index (Phi) is 9.54. The van der Waals surface area contributed by atoms with E-state index in [9.17, 15) is 4.79 Å². The summed E-state index contributed by atoms with van der Waals surface area (Å²) in [5, 5.41) is 12.4. The molecule has 9 nitrogen and oxygen atoms in total. The van der Waals surface area contributed by atoms with Gasteiger partial charge in [0.1, 0.15) is 24.7 Å². The number of hydrogen-bond acceptors (Lipinski definition) is 6. The maximum absolute atomic E-state index is 10.9. The summed E-state index contributed by atoms with van der Waals surface area (Å²) in [7, 11) is 0. The Bertz CT molecular complexity index is 616. The van der Waals surface area contributed by atoms with Crippen LogP contribution in [-0.4, -0.2) is 50.3 Å². The largest absolute Gasteiger partial charge is 0.496 e. The molecule has 0 radical (unpaired) electrons. The second-order valence-electron chi connectivity index (χ2n) is 4.70. The Morgan fingerprint density at radius 2 is 2.24 bits per heavy atom. The van der Waals surface area contributed by atoms with Crippen molar-refractivity contribution in [2.45, 2.75) is 13.2 Å². The lowest BCUT2D eigenvalue weighted by Crippen LogP contribution is -2.21. The Morgan fingerprint density at radius 3 is 2.92 bits per heavy atom. The van der Waals surface area contributed by atoms with Crippen molar-refractivity contribution in [2.75, 3.05) is 33.0 Å². The molecule has 1 rings (SSSR count). The van der Waals surface area contributed by atoms with Gasteiger partial charge in [-0.05, 0) is 30.7 Å². The van der Waals surface area contributed by atoms with Crippen LogP contribution in [0.1, 0.15) is 17.3 Å². The molecule has 25 heavy (non-hydrogen) atoms. The molecule has 136 valence electrons. The van der Waals surface area contributed by atoms with Gasteiger partial charge in [0.15, 0.2) is 6.23 Å². The molecular formula is C16H21N3O6. The quantitative estimate of drug-likeness (QED) is 0.192. The van der Waals surface area contributed by atoms with Crippen molar-refractivity contribution in [2.24, 2.45) is 5.11 Å². The third-order valence-corrected chi connectivity index (χ3v) is 2.80. The third kappa shape index (κ3) is 8.61. The zero-order chi connectivity index (χ0) is 18.5. The summed E-state index contributed by atoms with van der Waals surface area (Å²) in [6.07, 6.45) is -0.864. The zero-order valence-electron chi connectivity index (χ0n) is 14.0. The van der Waals surface area contributed by atoms with Crippen LogP contribution in [0.25, 0.3) is 10.4 Å². The molecule has 0 saturated carbocycles. The number of azide groups is 1. The SMILES string of the molecule is C=C(COCCOC(COc1cccc(C(=O)O)c1)N=[N+]=[N-])OCC. The first kappa shape index (κ1) is 20.3. The third-order valence-electron chi connectivity index (χ3n) is 2.80. The molecule has 0 bridgehead atoms. The van der Waals surface area contributed by atoms with Gasteiger partial charge in [0.25, 0.3) is 0 Å². The van der Waals surface area contributed by atoms with Gasteiger partial charge in [-0.2, -0.15) is 0 Å². The van der Waals surface area contributed by atoms with Crippen molar-refractivity contribution in [3.05, 3.63) is 52.6 Å². The number of carbonyl (C=O) groups is 1. The molecule has 0 aliphatic heterocycles. The van der Waals surface area contributed by atoms with Gasteiger partial charge in [-0.15, -0.1) is 0 Å². The number of benzene rings is 1. The zero-order valence-corrected chi connectivity index (χ0v) is 14.0. The normalized spacial score (nSPS) is 11.2. The van der Waals surface area contributed by atoms with Crippen molar-refractivity contribution < 1.29 is 28.8 Å². The first-order valence-electron chi connectivity index (χ1n) is 7.57. The Labute approximate surface area is 145 Å². The van der Waals surface area contributed by atoms with Crippen molar-refractivity contribution in [3.8, 4) is 5.75 Å². The summed E-state index contributed by atoms with van der Waals surface area (Å²) < 4.78 is 21.2. The van der Waals surface area contributed by atoms with Crippen LogP contribution in [0, 0.1) is 0 Å². The van der Waals surface area contributed by atoms with Crippen LogP contribution in [0.4, 0.5) is 0 Å². The number of carboxylic acid groups (broad SMARTS) is 1. The lowest BCUT2D eigenvalue weighted by molar-refractivity contribution is -0.0124. The summed E-state index contributed by atoms with van der Waals surface area (Å²) in [5.74, 6) is -0.194. The maximum atomic E-state index is 10.9. The molecule has 0 heterocycles. The van der Waals surface area contributed by atoms with Crippen molar-refractivity contribution in [1.82, 2.24) is 0 Å². The number of hydrogen-bond donors (Lipinski definition) is 1. The predicted octanol–water partition coefficient (Wildman–Crippen LogP) is 2.98. The molecule has 0 fully saturated rings. The summed E-state index contributed by atoms with van der Waals surface area (Å²) >= 11 is 0. The molecule has 1 aromatic carbocycles. The molecule has 0 aromatic heterocycles. The molecule has 1 aromatic rings. The summed E-state index contributed by atoms with van der Waals surface area (Å²) in [5.41, 5.74) is 8.67. The van der Waals surface area contributed by atoms with E-state index in [1.165, 1.54) is 12.1 Å². The molecule has 0 aliphatic carbocycles. The molecule has 0 spiro atoms. The molecule has 0 amide bonds. The summed E-state index contributed by atoms with van der Waals surface area (Å²) in [6, 6.07) is 5.98. The maximum Gasteiger partial charge on any atom is 0.335 e. The van der Waals surface area contributed by atoms with Crippen molar-refractivity contribution in [1.29, 1.82) is 0 Å². The second-order valence-corrected chi connectivity index (χ2v) is 4.70. The molecule has 1 N–H and O–H groups in total. The van der Waals surface area contributed by atoms with Gasteiger partial charge >= 0.3 is 5.97 Å². The number of carboxylic acids is 1. The Morgan fingerprint density at radius 1 is 1.44 bits per heavy atom. The van der Waals surface area contributed by atoms with Crippen molar-refractivity contribution in [3.63, 3.8) is 0 Å². The van der Waals surface area contributed by atoms with Crippen LogP contribution < -0.4 is 4.74 Å². The first-order valence-corrected chi connectivity index (χ1v) is 7.57. The minimum absolute atomic E-state index is 0.0568. The highest BCUT2D eigenvalue weighted by Gasteiger charge is 2.09. The number of aromatic carboxylic acids is 1. The van der Waals surface area contributed by atoms with Gasteiger partial charge in [-0.1, -0.05) is 17.8 Å². The van der Waals surface area contributed by atoms with Gasteiger partial charge in [0, 0.05) is 4.91 Å². The van der Waals surface area contributed by atoms with E-state index in [2.05, 4.69) is 16.6 Å². The topological polar surface area (TPSA) is 123 Å². The van der Waals surface area contributed by atoms with E-state index in [0.29, 0.717) is 18.1 Å². The lowest BCUT2D eigenvalue weighted by atomic mass is 10.2. The van der Waals surface area contributed by atoms with Crippen LogP contribution in [0.5, 0.6) is 5.75 Å². The Hall–Kier alpha value is -2.74. The molecule has 1 atom stereocenters. The fourth-order valence-corrected chi connectivity index (χ4v) is 1.73. The van der Waals surface area contributed by atoms with E-state index in [0.717, 1.165) is 0 Å². The van der Waals surface area contributed by atoms with Gasteiger partial charge in [-0.25, -0.2) is 4.79 Å². The van der Waals surface area contributed by atoms with Crippen molar-refractivity contribution >= 4 is 5.97 Å². The van der Waals surface area contributed by atoms with Gasteiger partial charge in [-0.3, -0.25) is 0 Å². The molecular weight excluding hydrogens is 330 g/mol. The standard InChI is InChI=1S/C16H21N3O6/c1-3-23-12(2)10-22-7-8-24-15(18-19-17)11-25-14-6-4-5-13(9-14)16(20)21/h4-6,9,15H,2-3,7-8,10-11H2,1H3,(H,20,21). The second kappa shape index (κ2) is 11.7. The number of nitrogens with zero attached hydrogens (tertiary/aromatic N) is 3. The molecule has 0 aliphatic rings. The van der Waals surface area contributed by atoms with Crippen LogP contribution in [0.3, 0.4) is 0 Å². The Balaban J connectivity index is 2.37. The van der Waals surface area contributed by atoms with Crippen LogP contribution in [-0.2, 0) is 14.2 Å². The highest BCUT2D eigenvalue weighted by Crippen LogP contribution is 2.14. The van der Waals surface area contributed by atoms with Crippen LogP contribution in [0.15, 0.2) is 41.7 Å². The van der Waals surface area contributed by atoms with E-state index < -0.39 is 12.2 Å². The van der Waals surface area contributed by atoms with Crippen LogP contribution in [0.2, 0.25) is 0 Å². The van der Waals surface area contributed by atoms with Gasteiger partial charge < -0.3 is 24.1 Å². The minimum atomic E-state index is -1.06. The summed E-state index contributed by atoms with van der Waals surface area (Å²) in [6.45, 7) is 6.69. The highest BCUT2D eigenvalue weighted by molar-refractivity contribution is 5.87. The minimum Gasteiger partial charge on any atom is -0.496 e. The number of ether oxygens (including phenoxy) is 4. The highest BCUT2D eigenvalue weighted by atomic mass is 16.6. The van der Waals surface area contributed by atoms with E-state index in [-0.39, 0.29) is 32.0 Å².